The standard InChI is InChI=1S/C24H34N4O6/c29-16-27(34)15-19(13-17-7-4-5-8-17)23(32)28-12-6-11-20(28)22(31)26-24(33)25-14-21(30)18-9-2-1-3-10-18/h1-3,9-10,16-17,19-21,30,34H,4-8,11-15H2,(H2,25,26,31,33)/t19-,20+,21+/m1/s1. The number of hydroxylamine groups is 2. The summed E-state index contributed by atoms with van der Waals surface area (Å²) in [5.74, 6) is -1.13. The van der Waals surface area contributed by atoms with Gasteiger partial charge in [-0.15, -0.1) is 0 Å². The van der Waals surface area contributed by atoms with Gasteiger partial charge in [-0.3, -0.25) is 24.9 Å². The molecule has 0 unspecified atom stereocenters. The van der Waals surface area contributed by atoms with E-state index in [1.165, 1.54) is 4.90 Å². The number of nitrogens with zero attached hydrogens (tertiary/aromatic N) is 2. The number of carbonyl (C=O) groups excluding carboxylic acids is 4. The van der Waals surface area contributed by atoms with Crippen LogP contribution >= 0.6 is 0 Å². The summed E-state index contributed by atoms with van der Waals surface area (Å²) in [6.07, 6.45) is 5.17. The van der Waals surface area contributed by atoms with E-state index in [4.69, 9.17) is 0 Å². The first-order chi connectivity index (χ1) is 16.4. The number of likely N-dealkylation sites (tertiary alicyclic amines) is 1. The first-order valence-electron chi connectivity index (χ1n) is 11.9. The lowest BCUT2D eigenvalue weighted by Crippen LogP contribution is -2.52. The number of hydrogen-bond donors (Lipinski definition) is 4. The molecule has 186 valence electrons. The summed E-state index contributed by atoms with van der Waals surface area (Å²) >= 11 is 0. The van der Waals surface area contributed by atoms with Gasteiger partial charge in [0.2, 0.25) is 12.3 Å². The second-order valence-corrected chi connectivity index (χ2v) is 9.13. The topological polar surface area (TPSA) is 139 Å². The third kappa shape index (κ3) is 7.01. The molecule has 4 N–H and O–H groups in total. The molecule has 3 rings (SSSR count). The van der Waals surface area contributed by atoms with Crippen molar-refractivity contribution >= 4 is 24.3 Å². The minimum Gasteiger partial charge on any atom is -0.387 e. The van der Waals surface area contributed by atoms with E-state index in [1.54, 1.807) is 24.3 Å². The number of carbonyl (C=O) groups is 4. The molecule has 1 heterocycles. The fraction of sp³-hybridized carbons (Fsp3) is 0.583. The third-order valence-corrected chi connectivity index (χ3v) is 6.69. The van der Waals surface area contributed by atoms with Gasteiger partial charge in [0.05, 0.1) is 18.6 Å². The molecular weight excluding hydrogens is 440 g/mol. The third-order valence-electron chi connectivity index (χ3n) is 6.69. The normalized spacial score (nSPS) is 19.9. The summed E-state index contributed by atoms with van der Waals surface area (Å²) in [5.41, 5.74) is 0.642. The van der Waals surface area contributed by atoms with Gasteiger partial charge in [0.15, 0.2) is 0 Å². The van der Waals surface area contributed by atoms with Crippen molar-refractivity contribution in [3.63, 3.8) is 0 Å². The molecule has 1 aliphatic heterocycles. The number of urea groups is 1. The predicted octanol–water partition coefficient (Wildman–Crippen LogP) is 1.58. The fourth-order valence-corrected chi connectivity index (χ4v) is 4.93. The molecule has 0 aromatic heterocycles. The van der Waals surface area contributed by atoms with Crippen LogP contribution in [0.2, 0.25) is 0 Å². The highest BCUT2D eigenvalue weighted by molar-refractivity contribution is 5.99. The summed E-state index contributed by atoms with van der Waals surface area (Å²) in [6.45, 7) is 0.179. The molecule has 1 saturated heterocycles. The van der Waals surface area contributed by atoms with Crippen molar-refractivity contribution in [3.8, 4) is 0 Å². The summed E-state index contributed by atoms with van der Waals surface area (Å²) in [5, 5.41) is 25.1. The Bertz CT molecular complexity index is 845. The maximum absolute atomic E-state index is 13.3. The number of aliphatic hydroxyl groups is 1. The number of aliphatic hydroxyl groups excluding tert-OH is 1. The Hall–Kier alpha value is -2.98. The molecule has 1 aromatic carbocycles. The molecule has 1 saturated carbocycles. The predicted molar refractivity (Wildman–Crippen MR) is 122 cm³/mol. The maximum atomic E-state index is 13.3. The van der Waals surface area contributed by atoms with Crippen LogP contribution in [0.3, 0.4) is 0 Å². The molecule has 2 fully saturated rings. The highest BCUT2D eigenvalue weighted by Gasteiger charge is 2.39. The van der Waals surface area contributed by atoms with Crippen LogP contribution in [-0.2, 0) is 14.4 Å². The van der Waals surface area contributed by atoms with Crippen LogP contribution in [0, 0.1) is 11.8 Å². The van der Waals surface area contributed by atoms with Crippen LogP contribution in [0.15, 0.2) is 30.3 Å². The molecular formula is C24H34N4O6. The molecule has 10 heteroatoms. The average Bonchev–Trinajstić information content (AvgIpc) is 3.54. The Morgan fingerprint density at radius 1 is 1.12 bits per heavy atom. The molecule has 1 aliphatic carbocycles. The van der Waals surface area contributed by atoms with Crippen LogP contribution in [0.5, 0.6) is 0 Å². The van der Waals surface area contributed by atoms with Gasteiger partial charge in [-0.25, -0.2) is 9.86 Å². The molecule has 0 bridgehead atoms. The van der Waals surface area contributed by atoms with Gasteiger partial charge in [-0.1, -0.05) is 56.0 Å². The molecule has 1 aromatic rings. The molecule has 2 aliphatic rings. The van der Waals surface area contributed by atoms with Crippen molar-refractivity contribution in [2.24, 2.45) is 11.8 Å². The Balaban J connectivity index is 1.56. The van der Waals surface area contributed by atoms with Crippen molar-refractivity contribution in [1.82, 2.24) is 20.6 Å². The van der Waals surface area contributed by atoms with Crippen LogP contribution in [0.25, 0.3) is 0 Å². The Morgan fingerprint density at radius 2 is 1.82 bits per heavy atom. The number of rotatable bonds is 10. The number of nitrogens with one attached hydrogen (secondary N) is 2. The van der Waals surface area contributed by atoms with E-state index in [9.17, 15) is 29.5 Å². The lowest BCUT2D eigenvalue weighted by atomic mass is 9.91. The van der Waals surface area contributed by atoms with E-state index < -0.39 is 30.0 Å². The highest BCUT2D eigenvalue weighted by Crippen LogP contribution is 2.32. The van der Waals surface area contributed by atoms with Crippen LogP contribution in [0.1, 0.15) is 56.6 Å². The molecule has 3 atom stereocenters. The van der Waals surface area contributed by atoms with Gasteiger partial charge < -0.3 is 15.3 Å². The van der Waals surface area contributed by atoms with Gasteiger partial charge in [0.25, 0.3) is 5.91 Å². The highest BCUT2D eigenvalue weighted by atomic mass is 16.5. The van der Waals surface area contributed by atoms with E-state index in [1.807, 2.05) is 6.07 Å². The number of benzene rings is 1. The average molecular weight is 475 g/mol. The van der Waals surface area contributed by atoms with Crippen molar-refractivity contribution in [2.75, 3.05) is 19.6 Å². The van der Waals surface area contributed by atoms with Gasteiger partial charge in [0.1, 0.15) is 6.04 Å². The monoisotopic (exact) mass is 474 g/mol. The van der Waals surface area contributed by atoms with Crippen molar-refractivity contribution < 1.29 is 29.5 Å². The summed E-state index contributed by atoms with van der Waals surface area (Å²) in [4.78, 5) is 50.7. The zero-order chi connectivity index (χ0) is 24.5. The molecule has 0 radical (unpaired) electrons. The van der Waals surface area contributed by atoms with E-state index in [2.05, 4.69) is 10.6 Å². The number of imide groups is 1. The van der Waals surface area contributed by atoms with Crippen molar-refractivity contribution in [1.29, 1.82) is 0 Å². The molecule has 10 nitrogen and oxygen atoms in total. The Morgan fingerprint density at radius 3 is 2.50 bits per heavy atom. The van der Waals surface area contributed by atoms with Crippen LogP contribution in [-0.4, -0.2) is 70.2 Å². The minimum absolute atomic E-state index is 0.0715. The zero-order valence-corrected chi connectivity index (χ0v) is 19.3. The Kier molecular flexibility index (Phi) is 9.41. The zero-order valence-electron chi connectivity index (χ0n) is 19.3. The second kappa shape index (κ2) is 12.5. The molecule has 0 spiro atoms. The van der Waals surface area contributed by atoms with Crippen molar-refractivity contribution in [3.05, 3.63) is 35.9 Å². The fourth-order valence-electron chi connectivity index (χ4n) is 4.93. The summed E-state index contributed by atoms with van der Waals surface area (Å²) in [7, 11) is 0. The lowest BCUT2D eigenvalue weighted by molar-refractivity contribution is -0.158. The van der Waals surface area contributed by atoms with Gasteiger partial charge in [-0.2, -0.15) is 0 Å². The Labute approximate surface area is 199 Å². The van der Waals surface area contributed by atoms with Crippen molar-refractivity contribution in [2.45, 2.75) is 57.1 Å². The van der Waals surface area contributed by atoms with Crippen LogP contribution < -0.4 is 10.6 Å². The van der Waals surface area contributed by atoms with Gasteiger partial charge in [-0.05, 0) is 30.7 Å². The van der Waals surface area contributed by atoms with E-state index in [-0.39, 0.29) is 25.4 Å². The molecule has 34 heavy (non-hydrogen) atoms. The molecule has 5 amide bonds. The van der Waals surface area contributed by atoms with Crippen LogP contribution in [0.4, 0.5) is 4.79 Å². The first-order valence-corrected chi connectivity index (χ1v) is 11.9. The quantitative estimate of drug-likeness (QED) is 0.231. The lowest BCUT2D eigenvalue weighted by Gasteiger charge is -2.30. The smallest absolute Gasteiger partial charge is 0.321 e. The SMILES string of the molecule is O=CN(O)C[C@@H](CC1CCCC1)C(=O)N1CCC[C@H]1C(=O)NC(=O)NC[C@H](O)c1ccccc1. The largest absolute Gasteiger partial charge is 0.387 e. The maximum Gasteiger partial charge on any atom is 0.321 e. The summed E-state index contributed by atoms with van der Waals surface area (Å²) in [6, 6.07) is 7.29. The van der Waals surface area contributed by atoms with Gasteiger partial charge in [0, 0.05) is 13.1 Å². The van der Waals surface area contributed by atoms with E-state index >= 15 is 0 Å². The summed E-state index contributed by atoms with van der Waals surface area (Å²) < 4.78 is 0. The van der Waals surface area contributed by atoms with E-state index in [0.29, 0.717) is 42.4 Å². The van der Waals surface area contributed by atoms with Gasteiger partial charge >= 0.3 is 6.03 Å². The minimum atomic E-state index is -0.915. The van der Waals surface area contributed by atoms with E-state index in [0.717, 1.165) is 25.7 Å². The number of hydrogen-bond acceptors (Lipinski definition) is 6. The number of amides is 5. The second-order valence-electron chi connectivity index (χ2n) is 9.13. The first kappa shape index (κ1) is 25.6.